The summed E-state index contributed by atoms with van der Waals surface area (Å²) in [6, 6.07) is 0.0995. The molecule has 0 saturated heterocycles. The Kier molecular flexibility index (Phi) is 13.7. The SMILES string of the molecule is CC(=O)NC(CCCC#CCC(Cl)(Cl)Cl)CCCC#CCC(Cl)(Cl)Cl. The molecule has 0 saturated carbocycles. The van der Waals surface area contributed by atoms with E-state index in [1.54, 1.807) is 0 Å². The second-order valence-corrected chi connectivity index (χ2v) is 10.5. The maximum Gasteiger partial charge on any atom is 0.217 e. The van der Waals surface area contributed by atoms with Crippen LogP contribution in [0, 0.1) is 23.7 Å². The van der Waals surface area contributed by atoms with Gasteiger partial charge in [-0.2, -0.15) is 0 Å². The molecule has 1 amide bonds. The van der Waals surface area contributed by atoms with E-state index in [1.807, 2.05) is 0 Å². The van der Waals surface area contributed by atoms with Crippen LogP contribution in [0.1, 0.15) is 58.3 Å². The van der Waals surface area contributed by atoms with Crippen molar-refractivity contribution in [3.05, 3.63) is 0 Å². The highest BCUT2D eigenvalue weighted by Crippen LogP contribution is 2.29. The molecule has 0 aliphatic rings. The van der Waals surface area contributed by atoms with Crippen molar-refractivity contribution in [2.75, 3.05) is 0 Å². The van der Waals surface area contributed by atoms with Crippen molar-refractivity contribution in [1.82, 2.24) is 5.32 Å². The Bertz CT molecular complexity index is 476. The first-order chi connectivity index (χ1) is 11.5. The summed E-state index contributed by atoms with van der Waals surface area (Å²) in [6.07, 6.45) is 5.19. The second-order valence-electron chi connectivity index (χ2n) is 5.47. The Morgan fingerprint density at radius 2 is 1.24 bits per heavy atom. The van der Waals surface area contributed by atoms with E-state index in [-0.39, 0.29) is 24.8 Å². The van der Waals surface area contributed by atoms with Crippen LogP contribution in [-0.4, -0.2) is 19.5 Å². The molecule has 0 bridgehead atoms. The maximum atomic E-state index is 11.3. The van der Waals surface area contributed by atoms with E-state index in [9.17, 15) is 4.79 Å². The lowest BCUT2D eigenvalue weighted by Gasteiger charge is -2.16. The highest BCUT2D eigenvalue weighted by atomic mass is 35.6. The van der Waals surface area contributed by atoms with Gasteiger partial charge in [0.2, 0.25) is 13.5 Å². The molecule has 1 N–H and O–H groups in total. The second kappa shape index (κ2) is 13.5. The predicted octanol–water partition coefficient (Wildman–Crippen LogP) is 6.36. The summed E-state index contributed by atoms with van der Waals surface area (Å²) >= 11 is 33.7. The molecule has 0 spiro atoms. The fourth-order valence-corrected chi connectivity index (χ4v) is 2.35. The molecule has 0 heterocycles. The first kappa shape index (κ1) is 25.3. The molecule has 0 aromatic rings. The van der Waals surface area contributed by atoms with E-state index >= 15 is 0 Å². The monoisotopic (exact) mass is 465 g/mol. The molecule has 0 rings (SSSR count). The van der Waals surface area contributed by atoms with Gasteiger partial charge in [0.05, 0.1) is 12.8 Å². The van der Waals surface area contributed by atoms with Crippen LogP contribution in [-0.2, 0) is 4.79 Å². The van der Waals surface area contributed by atoms with Crippen LogP contribution in [0.5, 0.6) is 0 Å². The van der Waals surface area contributed by atoms with E-state index in [4.69, 9.17) is 69.6 Å². The van der Waals surface area contributed by atoms with Crippen molar-refractivity contribution in [3.8, 4) is 23.7 Å². The smallest absolute Gasteiger partial charge is 0.217 e. The summed E-state index contributed by atoms with van der Waals surface area (Å²) in [5, 5.41) is 2.95. The van der Waals surface area contributed by atoms with Crippen LogP contribution in [0.15, 0.2) is 0 Å². The van der Waals surface area contributed by atoms with Gasteiger partial charge in [0.25, 0.3) is 0 Å². The van der Waals surface area contributed by atoms with Crippen LogP contribution < -0.4 is 5.32 Å². The number of unbranched alkanes of at least 4 members (excludes halogenated alkanes) is 2. The molecule has 0 aromatic heterocycles. The Balaban J connectivity index is 4.10. The minimum absolute atomic E-state index is 0.0467. The third-order valence-corrected chi connectivity index (χ3v) is 3.75. The van der Waals surface area contributed by atoms with Crippen molar-refractivity contribution >= 4 is 75.5 Å². The van der Waals surface area contributed by atoms with Gasteiger partial charge >= 0.3 is 0 Å². The Labute approximate surface area is 180 Å². The highest BCUT2D eigenvalue weighted by molar-refractivity contribution is 6.68. The third-order valence-electron chi connectivity index (χ3n) is 2.94. The largest absolute Gasteiger partial charge is 0.354 e. The fraction of sp³-hybridized carbons (Fsp3) is 0.706. The molecule has 8 heteroatoms. The molecule has 0 aliphatic heterocycles. The molecular formula is C17H21Cl6NO. The first-order valence-corrected chi connectivity index (χ1v) is 10.1. The lowest BCUT2D eigenvalue weighted by molar-refractivity contribution is -0.119. The van der Waals surface area contributed by atoms with Gasteiger partial charge in [-0.15, -0.1) is 11.8 Å². The van der Waals surface area contributed by atoms with Crippen molar-refractivity contribution < 1.29 is 4.79 Å². The quantitative estimate of drug-likeness (QED) is 0.263. The van der Waals surface area contributed by atoms with Gasteiger partial charge in [-0.05, 0) is 25.7 Å². The van der Waals surface area contributed by atoms with Gasteiger partial charge < -0.3 is 5.32 Å². The number of nitrogens with one attached hydrogen (secondary N) is 1. The molecule has 0 radical (unpaired) electrons. The van der Waals surface area contributed by atoms with Crippen LogP contribution in [0.4, 0.5) is 0 Å². The van der Waals surface area contributed by atoms with Crippen molar-refractivity contribution in [2.24, 2.45) is 0 Å². The average molecular weight is 468 g/mol. The number of hydrogen-bond donors (Lipinski definition) is 1. The molecule has 0 unspecified atom stereocenters. The maximum absolute atomic E-state index is 11.3. The number of alkyl halides is 6. The number of carbonyl (C=O) groups excluding carboxylic acids is 1. The van der Waals surface area contributed by atoms with Gasteiger partial charge in [-0.25, -0.2) is 0 Å². The molecule has 25 heavy (non-hydrogen) atoms. The minimum atomic E-state index is -1.33. The predicted molar refractivity (Wildman–Crippen MR) is 111 cm³/mol. The summed E-state index contributed by atoms with van der Waals surface area (Å²) < 4.78 is -2.66. The highest BCUT2D eigenvalue weighted by Gasteiger charge is 2.17. The summed E-state index contributed by atoms with van der Waals surface area (Å²) in [5.74, 6) is 11.6. The van der Waals surface area contributed by atoms with E-state index in [2.05, 4.69) is 29.0 Å². The number of carbonyl (C=O) groups is 1. The molecule has 0 fully saturated rings. The summed E-state index contributed by atoms with van der Waals surface area (Å²) in [5.41, 5.74) is 0. The first-order valence-electron chi connectivity index (χ1n) is 7.81. The normalized spacial score (nSPS) is 11.4. The third kappa shape index (κ3) is 20.5. The summed E-state index contributed by atoms with van der Waals surface area (Å²) in [7, 11) is 0. The van der Waals surface area contributed by atoms with Crippen molar-refractivity contribution in [3.63, 3.8) is 0 Å². The van der Waals surface area contributed by atoms with E-state index in [0.717, 1.165) is 25.7 Å². The zero-order chi connectivity index (χ0) is 19.3. The zero-order valence-electron chi connectivity index (χ0n) is 13.9. The Morgan fingerprint density at radius 1 is 0.840 bits per heavy atom. The van der Waals surface area contributed by atoms with Crippen LogP contribution >= 0.6 is 69.6 Å². The standard InChI is InChI=1S/C17H21Cl6NO/c1-14(25)24-15(10-6-2-4-8-12-16(18,19)20)11-7-3-5-9-13-17(21,22)23/h15H,2-3,6-7,10-13H2,1H3,(H,24,25). The summed E-state index contributed by atoms with van der Waals surface area (Å²) in [4.78, 5) is 11.3. The minimum Gasteiger partial charge on any atom is -0.354 e. The molecule has 2 nitrogen and oxygen atoms in total. The molecule has 0 aromatic carbocycles. The molecule has 0 aliphatic carbocycles. The van der Waals surface area contributed by atoms with Crippen molar-refractivity contribution in [1.29, 1.82) is 0 Å². The van der Waals surface area contributed by atoms with Gasteiger partial charge in [-0.3, -0.25) is 4.79 Å². The Hall–Kier alpha value is 0.330. The average Bonchev–Trinajstić information content (AvgIpc) is 2.43. The topological polar surface area (TPSA) is 29.1 Å². The van der Waals surface area contributed by atoms with E-state index in [1.165, 1.54) is 6.92 Å². The van der Waals surface area contributed by atoms with E-state index in [0.29, 0.717) is 12.8 Å². The lowest BCUT2D eigenvalue weighted by Crippen LogP contribution is -2.32. The van der Waals surface area contributed by atoms with Gasteiger partial charge in [0, 0.05) is 25.8 Å². The number of rotatable bonds is 7. The van der Waals surface area contributed by atoms with Gasteiger partial charge in [0.15, 0.2) is 0 Å². The van der Waals surface area contributed by atoms with Crippen LogP contribution in [0.2, 0.25) is 0 Å². The van der Waals surface area contributed by atoms with Gasteiger partial charge in [0.1, 0.15) is 0 Å². The molecular weight excluding hydrogens is 447 g/mol. The Morgan fingerprint density at radius 3 is 1.56 bits per heavy atom. The molecule has 142 valence electrons. The summed E-state index contributed by atoms with van der Waals surface area (Å²) in [6.45, 7) is 1.51. The number of hydrogen-bond acceptors (Lipinski definition) is 1. The van der Waals surface area contributed by atoms with Crippen LogP contribution in [0.3, 0.4) is 0 Å². The number of halogens is 6. The van der Waals surface area contributed by atoms with Crippen LogP contribution in [0.25, 0.3) is 0 Å². The fourth-order valence-electron chi connectivity index (χ4n) is 1.95. The van der Waals surface area contributed by atoms with E-state index < -0.39 is 7.59 Å². The molecule has 0 atom stereocenters. The van der Waals surface area contributed by atoms with Gasteiger partial charge in [-0.1, -0.05) is 81.4 Å². The van der Waals surface area contributed by atoms with Crippen molar-refractivity contribution in [2.45, 2.75) is 71.9 Å². The number of amides is 1. The zero-order valence-corrected chi connectivity index (χ0v) is 18.4. The lowest BCUT2D eigenvalue weighted by atomic mass is 10.0.